The molecule has 1 rings (SSSR count). The fourth-order valence-electron chi connectivity index (χ4n) is 2.25. The van der Waals surface area contributed by atoms with E-state index in [1.165, 1.54) is 7.11 Å². The molecule has 0 unspecified atom stereocenters. The van der Waals surface area contributed by atoms with Crippen molar-refractivity contribution in [1.82, 2.24) is 10.2 Å². The van der Waals surface area contributed by atoms with E-state index >= 15 is 0 Å². The first-order valence-electron chi connectivity index (χ1n) is 7.42. The number of likely N-dealkylation sites (tertiary alicyclic amines) is 1. The molecule has 6 nitrogen and oxygen atoms in total. The number of rotatable bonds is 6. The monoisotopic (exact) mass is 285 g/mol. The van der Waals surface area contributed by atoms with Crippen LogP contribution in [0.2, 0.25) is 0 Å². The van der Waals surface area contributed by atoms with Crippen molar-refractivity contribution in [3.63, 3.8) is 0 Å². The highest BCUT2D eigenvalue weighted by atomic mass is 16.5. The Morgan fingerprint density at radius 1 is 1.35 bits per heavy atom. The summed E-state index contributed by atoms with van der Waals surface area (Å²) in [7, 11) is 1.40. The van der Waals surface area contributed by atoms with Crippen LogP contribution in [-0.4, -0.2) is 62.8 Å². The van der Waals surface area contributed by atoms with Crippen LogP contribution in [0.25, 0.3) is 0 Å². The second kappa shape index (κ2) is 9.58. The zero-order valence-electron chi connectivity index (χ0n) is 12.9. The number of aliphatic imine (C=N–C) groups is 1. The maximum Gasteiger partial charge on any atom is 0.307 e. The highest BCUT2D eigenvalue weighted by Crippen LogP contribution is 2.13. The number of nitrogens with zero attached hydrogens (tertiary/aromatic N) is 2. The molecule has 0 aromatic carbocycles. The van der Waals surface area contributed by atoms with E-state index < -0.39 is 0 Å². The molecule has 6 heteroatoms. The molecular formula is C14H27N3O3. The van der Waals surface area contributed by atoms with Crippen molar-refractivity contribution in [2.75, 3.05) is 39.9 Å². The molecule has 1 fully saturated rings. The number of hydrogen-bond donors (Lipinski definition) is 1. The minimum absolute atomic E-state index is 0.223. The van der Waals surface area contributed by atoms with Gasteiger partial charge in [-0.25, -0.2) is 0 Å². The van der Waals surface area contributed by atoms with E-state index in [-0.39, 0.29) is 5.97 Å². The largest absolute Gasteiger partial charge is 0.469 e. The molecule has 0 radical (unpaired) electrons. The van der Waals surface area contributed by atoms with Gasteiger partial charge in [-0.2, -0.15) is 0 Å². The van der Waals surface area contributed by atoms with Crippen LogP contribution >= 0.6 is 0 Å². The summed E-state index contributed by atoms with van der Waals surface area (Å²) in [5.41, 5.74) is 0. The fraction of sp³-hybridized carbons (Fsp3) is 0.857. The third-order valence-corrected chi connectivity index (χ3v) is 3.28. The first-order valence-corrected chi connectivity index (χ1v) is 7.42. The molecule has 1 saturated heterocycles. The first-order chi connectivity index (χ1) is 9.71. The normalized spacial score (nSPS) is 17.1. The van der Waals surface area contributed by atoms with Gasteiger partial charge in [-0.15, -0.1) is 0 Å². The maximum absolute atomic E-state index is 11.1. The Morgan fingerprint density at radius 2 is 2.05 bits per heavy atom. The number of esters is 1. The van der Waals surface area contributed by atoms with Gasteiger partial charge in [0.05, 0.1) is 26.2 Å². The Kier molecular flexibility index (Phi) is 8.02. The van der Waals surface area contributed by atoms with Crippen molar-refractivity contribution in [3.8, 4) is 0 Å². The summed E-state index contributed by atoms with van der Waals surface area (Å²) < 4.78 is 10.3. The van der Waals surface area contributed by atoms with Crippen molar-refractivity contribution in [1.29, 1.82) is 0 Å². The smallest absolute Gasteiger partial charge is 0.307 e. The zero-order valence-corrected chi connectivity index (χ0v) is 12.9. The van der Waals surface area contributed by atoms with Crippen LogP contribution in [0.4, 0.5) is 0 Å². The third-order valence-electron chi connectivity index (χ3n) is 3.28. The maximum atomic E-state index is 11.1. The molecule has 1 heterocycles. The molecule has 0 aliphatic carbocycles. The number of hydrogen-bond acceptors (Lipinski definition) is 4. The minimum atomic E-state index is -0.223. The topological polar surface area (TPSA) is 63.2 Å². The lowest BCUT2D eigenvalue weighted by atomic mass is 10.1. The van der Waals surface area contributed by atoms with Crippen LogP contribution in [-0.2, 0) is 14.3 Å². The molecule has 0 aromatic rings. The van der Waals surface area contributed by atoms with E-state index in [0.29, 0.717) is 19.1 Å². The summed E-state index contributed by atoms with van der Waals surface area (Å²) >= 11 is 0. The predicted octanol–water partition coefficient (Wildman–Crippen LogP) is 1.02. The van der Waals surface area contributed by atoms with E-state index in [4.69, 9.17) is 4.74 Å². The number of piperidine rings is 1. The molecule has 0 atom stereocenters. The molecule has 0 spiro atoms. The standard InChI is InChI=1S/C14H27N3O3/c1-4-15-14(16-9-6-13(18)19-3)17-10-7-12(8-11-17)20-5-2/h12H,4-11H2,1-3H3,(H,15,16). The van der Waals surface area contributed by atoms with E-state index in [9.17, 15) is 4.79 Å². The van der Waals surface area contributed by atoms with Gasteiger partial charge in [0.2, 0.25) is 0 Å². The summed E-state index contributed by atoms with van der Waals surface area (Å²) in [6.45, 7) is 8.01. The Hall–Kier alpha value is -1.30. The third kappa shape index (κ3) is 5.77. The van der Waals surface area contributed by atoms with Gasteiger partial charge in [0.1, 0.15) is 0 Å². The van der Waals surface area contributed by atoms with E-state index in [1.807, 2.05) is 13.8 Å². The van der Waals surface area contributed by atoms with Crippen molar-refractivity contribution in [3.05, 3.63) is 0 Å². The van der Waals surface area contributed by atoms with Gasteiger partial charge in [0, 0.05) is 26.2 Å². The quantitative estimate of drug-likeness (QED) is 0.448. The minimum Gasteiger partial charge on any atom is -0.469 e. The molecule has 0 saturated carbocycles. The average Bonchev–Trinajstić information content (AvgIpc) is 2.47. The Bertz CT molecular complexity index is 313. The Morgan fingerprint density at radius 3 is 2.60 bits per heavy atom. The van der Waals surface area contributed by atoms with E-state index in [0.717, 1.165) is 45.0 Å². The first kappa shape index (κ1) is 16.8. The highest BCUT2D eigenvalue weighted by Gasteiger charge is 2.21. The number of ether oxygens (including phenoxy) is 2. The van der Waals surface area contributed by atoms with Crippen LogP contribution in [0.1, 0.15) is 33.1 Å². The molecule has 1 N–H and O–H groups in total. The Labute approximate surface area is 121 Å². The molecule has 116 valence electrons. The molecule has 0 aromatic heterocycles. The van der Waals surface area contributed by atoms with Gasteiger partial charge in [0.25, 0.3) is 0 Å². The second-order valence-corrected chi connectivity index (χ2v) is 4.70. The van der Waals surface area contributed by atoms with Crippen LogP contribution < -0.4 is 5.32 Å². The highest BCUT2D eigenvalue weighted by molar-refractivity contribution is 5.80. The van der Waals surface area contributed by atoms with Crippen molar-refractivity contribution in [2.45, 2.75) is 39.2 Å². The zero-order chi connectivity index (χ0) is 14.8. The van der Waals surface area contributed by atoms with Crippen LogP contribution in [0.15, 0.2) is 4.99 Å². The number of carbonyl (C=O) groups excluding carboxylic acids is 1. The lowest BCUT2D eigenvalue weighted by molar-refractivity contribution is -0.140. The summed E-state index contributed by atoms with van der Waals surface area (Å²) in [5, 5.41) is 3.27. The summed E-state index contributed by atoms with van der Waals surface area (Å²) in [6.07, 6.45) is 2.74. The number of carbonyl (C=O) groups is 1. The van der Waals surface area contributed by atoms with Gasteiger partial charge >= 0.3 is 5.97 Å². The number of methoxy groups -OCH3 is 1. The van der Waals surface area contributed by atoms with E-state index in [1.54, 1.807) is 0 Å². The van der Waals surface area contributed by atoms with Gasteiger partial charge in [-0.3, -0.25) is 9.79 Å². The number of guanidine groups is 1. The van der Waals surface area contributed by atoms with Crippen molar-refractivity contribution >= 4 is 11.9 Å². The Balaban J connectivity index is 2.45. The molecule has 0 amide bonds. The van der Waals surface area contributed by atoms with Gasteiger partial charge in [0.15, 0.2) is 5.96 Å². The molecule has 0 bridgehead atoms. The molecule has 20 heavy (non-hydrogen) atoms. The summed E-state index contributed by atoms with van der Waals surface area (Å²) in [6, 6.07) is 0. The lowest BCUT2D eigenvalue weighted by Gasteiger charge is -2.34. The molecular weight excluding hydrogens is 258 g/mol. The average molecular weight is 285 g/mol. The molecule has 1 aliphatic rings. The predicted molar refractivity (Wildman–Crippen MR) is 78.8 cm³/mol. The molecule has 1 aliphatic heterocycles. The summed E-state index contributed by atoms with van der Waals surface area (Å²) in [4.78, 5) is 17.8. The fourth-order valence-corrected chi connectivity index (χ4v) is 2.25. The van der Waals surface area contributed by atoms with Crippen molar-refractivity contribution < 1.29 is 14.3 Å². The lowest BCUT2D eigenvalue weighted by Crippen LogP contribution is -2.47. The SMILES string of the molecule is CCNC(=NCCC(=O)OC)N1CCC(OCC)CC1. The van der Waals surface area contributed by atoms with Crippen LogP contribution in [0.3, 0.4) is 0 Å². The number of nitrogens with one attached hydrogen (secondary N) is 1. The van der Waals surface area contributed by atoms with E-state index in [2.05, 4.69) is 19.9 Å². The second-order valence-electron chi connectivity index (χ2n) is 4.70. The van der Waals surface area contributed by atoms with Crippen LogP contribution in [0, 0.1) is 0 Å². The van der Waals surface area contributed by atoms with Crippen LogP contribution in [0.5, 0.6) is 0 Å². The van der Waals surface area contributed by atoms with Crippen molar-refractivity contribution in [2.24, 2.45) is 4.99 Å². The van der Waals surface area contributed by atoms with Gasteiger partial charge in [-0.1, -0.05) is 0 Å². The summed E-state index contributed by atoms with van der Waals surface area (Å²) in [5.74, 6) is 0.658. The van der Waals surface area contributed by atoms with Gasteiger partial charge in [-0.05, 0) is 26.7 Å². The van der Waals surface area contributed by atoms with Gasteiger partial charge < -0.3 is 19.7 Å².